The van der Waals surface area contributed by atoms with Crippen LogP contribution in [-0.2, 0) is 0 Å². The third-order valence-corrected chi connectivity index (χ3v) is 3.21. The van der Waals surface area contributed by atoms with Gasteiger partial charge in [-0.2, -0.15) is 0 Å². The molecule has 0 atom stereocenters. The number of urea groups is 1. The Morgan fingerprint density at radius 2 is 1.75 bits per heavy atom. The first-order valence-corrected chi connectivity index (χ1v) is 6.38. The first-order valence-electron chi connectivity index (χ1n) is 6.38. The molecule has 0 fully saturated rings. The van der Waals surface area contributed by atoms with Gasteiger partial charge in [0.25, 0.3) is 0 Å². The zero-order valence-electron chi connectivity index (χ0n) is 10.8. The monoisotopic (exact) mass is 262 g/mol. The lowest BCUT2D eigenvalue weighted by Crippen LogP contribution is -2.19. The minimum atomic E-state index is -0.552. The number of hydrogen-bond acceptors (Lipinski definition) is 1. The van der Waals surface area contributed by atoms with E-state index >= 15 is 0 Å². The Balaban J connectivity index is 1.87. The second-order valence-electron chi connectivity index (χ2n) is 4.63. The van der Waals surface area contributed by atoms with Crippen LogP contribution in [0.2, 0.25) is 0 Å². The van der Waals surface area contributed by atoms with Crippen molar-refractivity contribution >= 4 is 29.4 Å². The molecule has 3 rings (SSSR count). The van der Waals surface area contributed by atoms with Gasteiger partial charge in [0.15, 0.2) is 0 Å². The fourth-order valence-corrected chi connectivity index (χ4v) is 2.28. The third-order valence-electron chi connectivity index (χ3n) is 3.21. The summed E-state index contributed by atoms with van der Waals surface area (Å²) in [5.41, 5.74) is 10.5. The van der Waals surface area contributed by atoms with Gasteiger partial charge in [0.1, 0.15) is 0 Å². The van der Waals surface area contributed by atoms with Crippen LogP contribution in [0.1, 0.15) is 16.7 Å². The van der Waals surface area contributed by atoms with Crippen molar-refractivity contribution in [1.82, 2.24) is 0 Å². The molecule has 0 saturated carbocycles. The van der Waals surface area contributed by atoms with Crippen LogP contribution < -0.4 is 11.1 Å². The minimum absolute atomic E-state index is 0.552. The predicted octanol–water partition coefficient (Wildman–Crippen LogP) is 3.74. The normalized spacial score (nSPS) is 14.3. The molecule has 0 radical (unpaired) electrons. The van der Waals surface area contributed by atoms with E-state index in [1.807, 2.05) is 36.4 Å². The summed E-state index contributed by atoms with van der Waals surface area (Å²) in [6.45, 7) is 0. The summed E-state index contributed by atoms with van der Waals surface area (Å²) in [6.07, 6.45) is 6.35. The lowest BCUT2D eigenvalue weighted by atomic mass is 10.0. The Bertz CT molecular complexity index is 712. The maximum absolute atomic E-state index is 10.8. The lowest BCUT2D eigenvalue weighted by molar-refractivity contribution is 0.259. The molecule has 2 aromatic rings. The Morgan fingerprint density at radius 3 is 2.50 bits per heavy atom. The van der Waals surface area contributed by atoms with E-state index in [-0.39, 0.29) is 0 Å². The van der Waals surface area contributed by atoms with E-state index in [1.165, 1.54) is 16.7 Å². The average Bonchev–Trinajstić information content (AvgIpc) is 2.84. The van der Waals surface area contributed by atoms with Crippen LogP contribution in [0, 0.1) is 0 Å². The van der Waals surface area contributed by atoms with Crippen LogP contribution in [0.3, 0.4) is 0 Å². The van der Waals surface area contributed by atoms with Gasteiger partial charge in [-0.3, -0.25) is 0 Å². The van der Waals surface area contributed by atoms with Gasteiger partial charge in [-0.25, -0.2) is 4.79 Å². The molecule has 20 heavy (non-hydrogen) atoms. The van der Waals surface area contributed by atoms with Crippen LogP contribution in [0.25, 0.3) is 17.7 Å². The molecule has 2 amide bonds. The summed E-state index contributed by atoms with van der Waals surface area (Å²) in [7, 11) is 0. The molecule has 0 aliphatic heterocycles. The molecule has 0 saturated heterocycles. The standard InChI is InChI=1S/C17H14N2O/c18-17(20)19-15-9-5-12(6-10-15)11-14-8-7-13-3-1-2-4-16(13)14/h1-11H,(H3,18,19,20). The van der Waals surface area contributed by atoms with Gasteiger partial charge in [0, 0.05) is 5.69 Å². The van der Waals surface area contributed by atoms with Gasteiger partial charge in [-0.05, 0) is 40.5 Å². The number of amides is 2. The van der Waals surface area contributed by atoms with Crippen molar-refractivity contribution in [2.75, 3.05) is 5.32 Å². The number of carbonyl (C=O) groups excluding carboxylic acids is 1. The summed E-state index contributed by atoms with van der Waals surface area (Å²) in [5.74, 6) is 0. The van der Waals surface area contributed by atoms with E-state index in [2.05, 4.69) is 35.7 Å². The molecule has 3 N–H and O–H groups in total. The number of nitrogens with one attached hydrogen (secondary N) is 1. The summed E-state index contributed by atoms with van der Waals surface area (Å²) in [4.78, 5) is 10.8. The second-order valence-corrected chi connectivity index (χ2v) is 4.63. The number of primary amides is 1. The van der Waals surface area contributed by atoms with Crippen molar-refractivity contribution < 1.29 is 4.79 Å². The number of hydrogen-bond donors (Lipinski definition) is 2. The molecular formula is C17H14N2O. The predicted molar refractivity (Wildman–Crippen MR) is 83.0 cm³/mol. The first kappa shape index (κ1) is 12.2. The number of rotatable bonds is 2. The van der Waals surface area contributed by atoms with Crippen LogP contribution in [0.5, 0.6) is 0 Å². The molecule has 3 nitrogen and oxygen atoms in total. The van der Waals surface area contributed by atoms with Crippen LogP contribution in [-0.4, -0.2) is 6.03 Å². The highest BCUT2D eigenvalue weighted by Crippen LogP contribution is 2.30. The van der Waals surface area contributed by atoms with Crippen molar-refractivity contribution in [3.63, 3.8) is 0 Å². The van der Waals surface area contributed by atoms with Gasteiger partial charge >= 0.3 is 6.03 Å². The minimum Gasteiger partial charge on any atom is -0.351 e. The Labute approximate surface area is 117 Å². The molecule has 2 aromatic carbocycles. The molecule has 3 heteroatoms. The molecule has 1 aliphatic rings. The molecule has 0 heterocycles. The van der Waals surface area contributed by atoms with E-state index in [9.17, 15) is 4.79 Å². The van der Waals surface area contributed by atoms with Crippen LogP contribution in [0.15, 0.2) is 54.6 Å². The van der Waals surface area contributed by atoms with Crippen molar-refractivity contribution in [3.05, 3.63) is 71.3 Å². The topological polar surface area (TPSA) is 55.1 Å². The third kappa shape index (κ3) is 2.47. The molecule has 0 unspecified atom stereocenters. The Morgan fingerprint density at radius 1 is 1.00 bits per heavy atom. The number of carbonyl (C=O) groups is 1. The largest absolute Gasteiger partial charge is 0.351 e. The van der Waals surface area contributed by atoms with Crippen molar-refractivity contribution in [2.45, 2.75) is 0 Å². The molecule has 0 spiro atoms. The zero-order valence-corrected chi connectivity index (χ0v) is 10.8. The molecule has 0 bridgehead atoms. The maximum Gasteiger partial charge on any atom is 0.316 e. The smallest absolute Gasteiger partial charge is 0.316 e. The Hall–Kier alpha value is -2.81. The highest BCUT2D eigenvalue weighted by atomic mass is 16.2. The molecule has 1 aliphatic carbocycles. The van der Waals surface area contributed by atoms with Crippen molar-refractivity contribution in [1.29, 1.82) is 0 Å². The lowest BCUT2D eigenvalue weighted by Gasteiger charge is -2.03. The van der Waals surface area contributed by atoms with E-state index in [0.717, 1.165) is 5.56 Å². The number of benzene rings is 2. The van der Waals surface area contributed by atoms with Crippen LogP contribution >= 0.6 is 0 Å². The van der Waals surface area contributed by atoms with Crippen molar-refractivity contribution in [2.24, 2.45) is 5.73 Å². The number of anilines is 1. The highest BCUT2D eigenvalue weighted by molar-refractivity contribution is 5.97. The molecule has 98 valence electrons. The molecule has 0 aromatic heterocycles. The van der Waals surface area contributed by atoms with Gasteiger partial charge in [-0.15, -0.1) is 0 Å². The summed E-state index contributed by atoms with van der Waals surface area (Å²) < 4.78 is 0. The number of fused-ring (bicyclic) bond motifs is 1. The van der Waals surface area contributed by atoms with Gasteiger partial charge in [-0.1, -0.05) is 48.6 Å². The number of allylic oxidation sites excluding steroid dienone is 2. The zero-order chi connectivity index (χ0) is 13.9. The van der Waals surface area contributed by atoms with Crippen LogP contribution in [0.4, 0.5) is 10.5 Å². The Kier molecular flexibility index (Phi) is 3.09. The van der Waals surface area contributed by atoms with Gasteiger partial charge < -0.3 is 11.1 Å². The quantitative estimate of drug-likeness (QED) is 0.851. The SMILES string of the molecule is NC(=O)Nc1ccc(C=C2C=Cc3ccccc32)cc1. The highest BCUT2D eigenvalue weighted by Gasteiger charge is 2.08. The second kappa shape index (κ2) is 5.05. The van der Waals surface area contributed by atoms with E-state index in [1.54, 1.807) is 0 Å². The number of nitrogens with two attached hydrogens (primary N) is 1. The summed E-state index contributed by atoms with van der Waals surface area (Å²) in [5, 5.41) is 2.55. The first-order chi connectivity index (χ1) is 9.72. The fourth-order valence-electron chi connectivity index (χ4n) is 2.28. The van der Waals surface area contributed by atoms with E-state index < -0.39 is 6.03 Å². The fraction of sp³-hybridized carbons (Fsp3) is 0. The van der Waals surface area contributed by atoms with E-state index in [4.69, 9.17) is 5.73 Å². The van der Waals surface area contributed by atoms with Crippen molar-refractivity contribution in [3.8, 4) is 0 Å². The average molecular weight is 262 g/mol. The maximum atomic E-state index is 10.8. The van der Waals surface area contributed by atoms with E-state index in [0.29, 0.717) is 5.69 Å². The molecular weight excluding hydrogens is 248 g/mol. The summed E-state index contributed by atoms with van der Waals surface area (Å²) >= 11 is 0. The van der Waals surface area contributed by atoms with Gasteiger partial charge in [0.2, 0.25) is 0 Å². The summed E-state index contributed by atoms with van der Waals surface area (Å²) in [6, 6.07) is 15.3. The van der Waals surface area contributed by atoms with Gasteiger partial charge in [0.05, 0.1) is 0 Å².